The van der Waals surface area contributed by atoms with Gasteiger partial charge in [0.2, 0.25) is 0 Å². The van der Waals surface area contributed by atoms with Gasteiger partial charge in [0.05, 0.1) is 6.10 Å². The van der Waals surface area contributed by atoms with E-state index in [1.807, 2.05) is 0 Å². The maximum atomic E-state index is 11.4. The molecule has 0 radical (unpaired) electrons. The molecular formula is C12H17ClN2O3. The summed E-state index contributed by atoms with van der Waals surface area (Å²) >= 11 is 5.77. The summed E-state index contributed by atoms with van der Waals surface area (Å²) in [6.45, 7) is 1.65. The Morgan fingerprint density at radius 3 is 2.94 bits per heavy atom. The number of hydrogen-bond donors (Lipinski definition) is 3. The van der Waals surface area contributed by atoms with Crippen molar-refractivity contribution in [2.24, 2.45) is 5.73 Å². The van der Waals surface area contributed by atoms with Gasteiger partial charge in [-0.3, -0.25) is 4.79 Å². The topological polar surface area (TPSA) is 84.6 Å². The first-order chi connectivity index (χ1) is 8.49. The monoisotopic (exact) mass is 272 g/mol. The van der Waals surface area contributed by atoms with Gasteiger partial charge in [0.25, 0.3) is 5.91 Å². The summed E-state index contributed by atoms with van der Waals surface area (Å²) in [5.74, 6) is 0.226. The number of amides is 1. The van der Waals surface area contributed by atoms with E-state index in [1.54, 1.807) is 31.2 Å². The van der Waals surface area contributed by atoms with Crippen LogP contribution < -0.4 is 15.8 Å². The minimum absolute atomic E-state index is 0.118. The number of carbonyl (C=O) groups excluding carboxylic acids is 1. The zero-order chi connectivity index (χ0) is 13.5. The second-order valence-electron chi connectivity index (χ2n) is 3.95. The van der Waals surface area contributed by atoms with Crippen LogP contribution in [-0.2, 0) is 4.79 Å². The van der Waals surface area contributed by atoms with Crippen molar-refractivity contribution in [3.05, 3.63) is 29.3 Å². The van der Waals surface area contributed by atoms with Crippen molar-refractivity contribution >= 4 is 17.5 Å². The fourth-order valence-electron chi connectivity index (χ4n) is 1.16. The molecule has 6 heteroatoms. The molecule has 1 aromatic rings. The van der Waals surface area contributed by atoms with E-state index in [2.05, 4.69) is 5.32 Å². The Labute approximate surface area is 111 Å². The standard InChI is InChI=1S/C12H17ClN2O3/c1-8(16)11(14)6-15-12(17)7-18-10-4-2-3-9(13)5-10/h2-5,8,11,16H,6-7,14H2,1H3,(H,15,17). The largest absolute Gasteiger partial charge is 0.484 e. The van der Waals surface area contributed by atoms with Crippen LogP contribution in [0.5, 0.6) is 5.75 Å². The molecule has 0 spiro atoms. The van der Waals surface area contributed by atoms with Crippen molar-refractivity contribution in [2.75, 3.05) is 13.2 Å². The van der Waals surface area contributed by atoms with E-state index in [1.165, 1.54) is 0 Å². The van der Waals surface area contributed by atoms with Crippen LogP contribution in [-0.4, -0.2) is 36.3 Å². The van der Waals surface area contributed by atoms with E-state index in [4.69, 9.17) is 27.2 Å². The number of aliphatic hydroxyl groups is 1. The zero-order valence-electron chi connectivity index (χ0n) is 10.1. The maximum Gasteiger partial charge on any atom is 0.257 e. The predicted octanol–water partition coefficient (Wildman–Crippen LogP) is 0.543. The van der Waals surface area contributed by atoms with Crippen LogP contribution in [0.3, 0.4) is 0 Å². The second kappa shape index (κ2) is 7.20. The summed E-state index contributed by atoms with van der Waals surface area (Å²) < 4.78 is 5.24. The van der Waals surface area contributed by atoms with Crippen LogP contribution in [0.1, 0.15) is 6.92 Å². The van der Waals surface area contributed by atoms with Crippen LogP contribution in [0.25, 0.3) is 0 Å². The number of carbonyl (C=O) groups is 1. The van der Waals surface area contributed by atoms with Crippen LogP contribution >= 0.6 is 11.6 Å². The Morgan fingerprint density at radius 1 is 1.61 bits per heavy atom. The molecule has 0 aliphatic rings. The first-order valence-electron chi connectivity index (χ1n) is 5.57. The lowest BCUT2D eigenvalue weighted by atomic mass is 10.2. The molecule has 0 heterocycles. The maximum absolute atomic E-state index is 11.4. The Hall–Kier alpha value is -1.30. The predicted molar refractivity (Wildman–Crippen MR) is 69.6 cm³/mol. The van der Waals surface area contributed by atoms with E-state index < -0.39 is 12.1 Å². The summed E-state index contributed by atoms with van der Waals surface area (Å²) in [4.78, 5) is 11.4. The molecule has 1 aromatic carbocycles. The van der Waals surface area contributed by atoms with Gasteiger partial charge >= 0.3 is 0 Å². The molecule has 0 saturated carbocycles. The van der Waals surface area contributed by atoms with Gasteiger partial charge in [0.15, 0.2) is 6.61 Å². The minimum atomic E-state index is -0.667. The number of rotatable bonds is 6. The van der Waals surface area contributed by atoms with Gasteiger partial charge in [-0.1, -0.05) is 17.7 Å². The van der Waals surface area contributed by atoms with Crippen LogP contribution in [0, 0.1) is 0 Å². The molecule has 0 aromatic heterocycles. The van der Waals surface area contributed by atoms with Crippen molar-refractivity contribution in [2.45, 2.75) is 19.1 Å². The van der Waals surface area contributed by atoms with Crippen molar-refractivity contribution < 1.29 is 14.6 Å². The molecule has 1 rings (SSSR count). The van der Waals surface area contributed by atoms with E-state index in [9.17, 15) is 4.79 Å². The molecule has 2 unspecified atom stereocenters. The molecule has 0 aliphatic heterocycles. The van der Waals surface area contributed by atoms with E-state index in [0.29, 0.717) is 10.8 Å². The minimum Gasteiger partial charge on any atom is -0.484 e. The molecular weight excluding hydrogens is 256 g/mol. The molecule has 2 atom stereocenters. The summed E-state index contributed by atoms with van der Waals surface area (Å²) in [7, 11) is 0. The lowest BCUT2D eigenvalue weighted by Crippen LogP contribution is -2.44. The van der Waals surface area contributed by atoms with Crippen LogP contribution in [0.15, 0.2) is 24.3 Å². The van der Waals surface area contributed by atoms with E-state index in [-0.39, 0.29) is 19.1 Å². The third kappa shape index (κ3) is 5.35. The third-order valence-corrected chi connectivity index (χ3v) is 2.56. The lowest BCUT2D eigenvalue weighted by Gasteiger charge is -2.15. The molecule has 4 N–H and O–H groups in total. The average Bonchev–Trinajstić information content (AvgIpc) is 2.33. The summed E-state index contributed by atoms with van der Waals surface area (Å²) in [6.07, 6.45) is -0.667. The number of benzene rings is 1. The van der Waals surface area contributed by atoms with Gasteiger partial charge < -0.3 is 20.9 Å². The number of nitrogens with two attached hydrogens (primary N) is 1. The molecule has 1 amide bonds. The highest BCUT2D eigenvalue weighted by molar-refractivity contribution is 6.30. The van der Waals surface area contributed by atoms with Gasteiger partial charge in [-0.05, 0) is 25.1 Å². The van der Waals surface area contributed by atoms with Gasteiger partial charge in [-0.15, -0.1) is 0 Å². The Morgan fingerprint density at radius 2 is 2.33 bits per heavy atom. The number of aliphatic hydroxyl groups excluding tert-OH is 1. The highest BCUT2D eigenvalue weighted by Crippen LogP contribution is 2.16. The van der Waals surface area contributed by atoms with Crippen LogP contribution in [0.2, 0.25) is 5.02 Å². The third-order valence-electron chi connectivity index (χ3n) is 2.32. The summed E-state index contributed by atoms with van der Waals surface area (Å²) in [5, 5.41) is 12.3. The molecule has 100 valence electrons. The first-order valence-corrected chi connectivity index (χ1v) is 5.95. The average molecular weight is 273 g/mol. The van der Waals surface area contributed by atoms with Crippen molar-refractivity contribution in [1.29, 1.82) is 0 Å². The molecule has 0 bridgehead atoms. The highest BCUT2D eigenvalue weighted by Gasteiger charge is 2.10. The normalized spacial score (nSPS) is 13.8. The Kier molecular flexibility index (Phi) is 5.91. The van der Waals surface area contributed by atoms with E-state index >= 15 is 0 Å². The van der Waals surface area contributed by atoms with Gasteiger partial charge in [0, 0.05) is 17.6 Å². The molecule has 0 saturated heterocycles. The number of halogens is 1. The first kappa shape index (κ1) is 14.8. The fourth-order valence-corrected chi connectivity index (χ4v) is 1.34. The molecule has 0 aliphatic carbocycles. The van der Waals surface area contributed by atoms with Gasteiger partial charge in [-0.2, -0.15) is 0 Å². The van der Waals surface area contributed by atoms with Crippen molar-refractivity contribution in [3.8, 4) is 5.75 Å². The van der Waals surface area contributed by atoms with Gasteiger partial charge in [0.1, 0.15) is 5.75 Å². The Balaban J connectivity index is 2.29. The summed E-state index contributed by atoms with van der Waals surface area (Å²) in [6, 6.07) is 6.30. The smallest absolute Gasteiger partial charge is 0.257 e. The van der Waals surface area contributed by atoms with E-state index in [0.717, 1.165) is 0 Å². The SMILES string of the molecule is CC(O)C(N)CNC(=O)COc1cccc(Cl)c1. The lowest BCUT2D eigenvalue weighted by molar-refractivity contribution is -0.123. The molecule has 18 heavy (non-hydrogen) atoms. The van der Waals surface area contributed by atoms with Crippen molar-refractivity contribution in [1.82, 2.24) is 5.32 Å². The Bertz CT molecular complexity index is 399. The summed E-state index contributed by atoms with van der Waals surface area (Å²) in [5.41, 5.74) is 5.57. The van der Waals surface area contributed by atoms with Gasteiger partial charge in [-0.25, -0.2) is 0 Å². The molecule has 5 nitrogen and oxygen atoms in total. The van der Waals surface area contributed by atoms with Crippen molar-refractivity contribution in [3.63, 3.8) is 0 Å². The number of ether oxygens (including phenoxy) is 1. The number of hydrogen-bond acceptors (Lipinski definition) is 4. The highest BCUT2D eigenvalue weighted by atomic mass is 35.5. The second-order valence-corrected chi connectivity index (χ2v) is 4.39. The quantitative estimate of drug-likeness (QED) is 0.706. The number of nitrogens with one attached hydrogen (secondary N) is 1. The zero-order valence-corrected chi connectivity index (χ0v) is 10.9. The molecule has 0 fully saturated rings. The fraction of sp³-hybridized carbons (Fsp3) is 0.417. The van der Waals surface area contributed by atoms with Crippen LogP contribution in [0.4, 0.5) is 0 Å².